The topological polar surface area (TPSA) is 111 Å². The fraction of sp³-hybridized carbons (Fsp3) is 0.812. The number of esters is 1. The van der Waals surface area contributed by atoms with E-state index >= 15 is 0 Å². The molecule has 0 fully saturated rings. The van der Waals surface area contributed by atoms with Gasteiger partial charge in [-0.3, -0.25) is 18.6 Å². The zero-order valence-electron chi connectivity index (χ0n) is 49.3. The van der Waals surface area contributed by atoms with E-state index in [0.717, 1.165) is 83.5 Å². The largest absolute Gasteiger partial charge is 0.472 e. The number of carbonyl (C=O) groups excluding carboxylic acids is 2. The Balaban J connectivity index is 5.17. The van der Waals surface area contributed by atoms with Crippen LogP contribution in [-0.4, -0.2) is 74.3 Å². The van der Waals surface area contributed by atoms with Crippen molar-refractivity contribution in [3.05, 3.63) is 60.8 Å². The number of nitrogens with zero attached hydrogens (tertiary/aromatic N) is 1. The summed E-state index contributed by atoms with van der Waals surface area (Å²) in [4.78, 5) is 37.6. The molecule has 0 aromatic heterocycles. The molecule has 0 aromatic rings. The summed E-state index contributed by atoms with van der Waals surface area (Å²) >= 11 is 0. The maximum absolute atomic E-state index is 13.5. The molecule has 0 spiro atoms. The van der Waals surface area contributed by atoms with Gasteiger partial charge in [-0.15, -0.1) is 0 Å². The van der Waals surface area contributed by atoms with Crippen molar-refractivity contribution < 1.29 is 37.3 Å². The number of amides is 1. The number of quaternary nitrogens is 1. The maximum atomic E-state index is 13.5. The van der Waals surface area contributed by atoms with Gasteiger partial charge in [0.15, 0.2) is 0 Å². The number of hydrogen-bond acceptors (Lipinski definition) is 6. The molecule has 1 amide bonds. The SMILES string of the molecule is CCCCC/C=C\C/C=C\C/C=C\CCCCCCCCCCCCC(=O)OC(/C=C\CCCCCCCCCCC)C(COP(=O)(O)OCC[N+](C)(C)C)NC(=O)CCCCC/C=C\CCCCCCCCC. The van der Waals surface area contributed by atoms with Gasteiger partial charge in [-0.2, -0.15) is 0 Å². The molecule has 0 aliphatic carbocycles. The summed E-state index contributed by atoms with van der Waals surface area (Å²) in [6.07, 6.45) is 67.9. The summed E-state index contributed by atoms with van der Waals surface area (Å²) in [7, 11) is 1.49. The van der Waals surface area contributed by atoms with E-state index in [0.29, 0.717) is 17.4 Å². The van der Waals surface area contributed by atoms with Crippen LogP contribution in [0.15, 0.2) is 60.8 Å². The Hall–Kier alpha value is -2.29. The monoisotopic (exact) mass is 1060 g/mol. The third kappa shape index (κ3) is 54.5. The second-order valence-electron chi connectivity index (χ2n) is 22.2. The first kappa shape index (κ1) is 71.7. The molecule has 2 N–H and O–H groups in total. The molecule has 0 rings (SSSR count). The average Bonchev–Trinajstić information content (AvgIpc) is 3.36. The van der Waals surface area contributed by atoms with Gasteiger partial charge >= 0.3 is 13.8 Å². The van der Waals surface area contributed by atoms with E-state index in [9.17, 15) is 19.0 Å². The van der Waals surface area contributed by atoms with Crippen molar-refractivity contribution in [1.29, 1.82) is 0 Å². The fourth-order valence-corrected chi connectivity index (χ4v) is 9.56. The van der Waals surface area contributed by atoms with Crippen LogP contribution in [0.2, 0.25) is 0 Å². The van der Waals surface area contributed by atoms with Gasteiger partial charge in [-0.25, -0.2) is 4.57 Å². The number of allylic oxidation sites excluding steroid dienone is 9. The van der Waals surface area contributed by atoms with Gasteiger partial charge in [-0.05, 0) is 96.0 Å². The van der Waals surface area contributed by atoms with Crippen LogP contribution in [0, 0.1) is 0 Å². The Morgan fingerprint density at radius 1 is 0.473 bits per heavy atom. The van der Waals surface area contributed by atoms with Crippen molar-refractivity contribution in [2.45, 2.75) is 296 Å². The van der Waals surface area contributed by atoms with Gasteiger partial charge in [0.1, 0.15) is 19.3 Å². The molecule has 3 unspecified atom stereocenters. The summed E-state index contributed by atoms with van der Waals surface area (Å²) < 4.78 is 30.6. The summed E-state index contributed by atoms with van der Waals surface area (Å²) in [5, 5.41) is 3.04. The van der Waals surface area contributed by atoms with Crippen molar-refractivity contribution in [2.75, 3.05) is 40.9 Å². The lowest BCUT2D eigenvalue weighted by Crippen LogP contribution is -2.47. The van der Waals surface area contributed by atoms with Crippen molar-refractivity contribution in [3.8, 4) is 0 Å². The molecule has 432 valence electrons. The molecule has 10 heteroatoms. The van der Waals surface area contributed by atoms with E-state index in [1.54, 1.807) is 0 Å². The van der Waals surface area contributed by atoms with E-state index in [-0.39, 0.29) is 31.5 Å². The molecule has 0 bridgehead atoms. The highest BCUT2D eigenvalue weighted by Crippen LogP contribution is 2.43. The highest BCUT2D eigenvalue weighted by atomic mass is 31.2. The van der Waals surface area contributed by atoms with E-state index in [4.69, 9.17) is 13.8 Å². The lowest BCUT2D eigenvalue weighted by Gasteiger charge is -2.27. The molecule has 0 heterocycles. The summed E-state index contributed by atoms with van der Waals surface area (Å²) in [6.45, 7) is 6.97. The lowest BCUT2D eigenvalue weighted by atomic mass is 10.0. The first-order valence-electron chi connectivity index (χ1n) is 31.1. The van der Waals surface area contributed by atoms with Crippen LogP contribution in [0.3, 0.4) is 0 Å². The van der Waals surface area contributed by atoms with Crippen LogP contribution >= 0.6 is 7.82 Å². The van der Waals surface area contributed by atoms with E-state index < -0.39 is 20.0 Å². The molecule has 0 radical (unpaired) electrons. The maximum Gasteiger partial charge on any atom is 0.472 e. The molecular weight excluding hydrogens is 940 g/mol. The van der Waals surface area contributed by atoms with Gasteiger partial charge < -0.3 is 19.4 Å². The third-order valence-corrected chi connectivity index (χ3v) is 14.7. The zero-order valence-corrected chi connectivity index (χ0v) is 50.2. The van der Waals surface area contributed by atoms with Crippen LogP contribution in [0.5, 0.6) is 0 Å². The first-order chi connectivity index (χ1) is 35.9. The van der Waals surface area contributed by atoms with Gasteiger partial charge in [0.2, 0.25) is 5.91 Å². The standard InChI is InChI=1S/C64H119N2O7P/c1-7-10-13-16-19-22-25-27-29-30-31-32-33-34-35-36-37-39-42-45-48-51-54-57-64(68)73-62(55-52-49-46-43-40-24-21-18-15-12-9-3)61(60-72-74(69,70)71-59-58-66(4,5)6)65-63(67)56-53-50-47-44-41-38-28-26-23-20-17-14-11-8-2/h19,22,27,29,31-32,38,41,52,55,61-62H,7-18,20-21,23-26,28,30,33-37,39-40,42-51,53-54,56-60H2,1-6H3,(H-,65,67,69,70)/p+1/b22-19-,29-27-,32-31-,41-38-,55-52-. The highest BCUT2D eigenvalue weighted by molar-refractivity contribution is 7.47. The van der Waals surface area contributed by atoms with Crippen LogP contribution in [0.4, 0.5) is 0 Å². The average molecular weight is 1060 g/mol. The Morgan fingerprint density at radius 2 is 0.824 bits per heavy atom. The molecule has 9 nitrogen and oxygen atoms in total. The fourth-order valence-electron chi connectivity index (χ4n) is 8.82. The number of nitrogens with one attached hydrogen (secondary N) is 1. The summed E-state index contributed by atoms with van der Waals surface area (Å²) in [6, 6.07) is -0.857. The number of likely N-dealkylation sites (N-methyl/N-ethyl adjacent to an activating group) is 1. The Bertz CT molecular complexity index is 1450. The van der Waals surface area contributed by atoms with Crippen molar-refractivity contribution in [2.24, 2.45) is 0 Å². The normalized spacial score (nSPS) is 14.1. The molecule has 0 aromatic carbocycles. The van der Waals surface area contributed by atoms with Crippen molar-refractivity contribution >= 4 is 19.7 Å². The van der Waals surface area contributed by atoms with Gasteiger partial charge in [0, 0.05) is 12.8 Å². The first-order valence-corrected chi connectivity index (χ1v) is 32.6. The smallest absolute Gasteiger partial charge is 0.456 e. The van der Waals surface area contributed by atoms with Gasteiger partial charge in [0.25, 0.3) is 0 Å². The van der Waals surface area contributed by atoms with E-state index in [1.165, 1.54) is 167 Å². The molecule has 0 saturated carbocycles. The molecule has 0 saturated heterocycles. The number of hydrogen-bond donors (Lipinski definition) is 2. The van der Waals surface area contributed by atoms with Crippen LogP contribution in [0.25, 0.3) is 0 Å². The van der Waals surface area contributed by atoms with E-state index in [1.807, 2.05) is 33.3 Å². The van der Waals surface area contributed by atoms with E-state index in [2.05, 4.69) is 74.7 Å². The quantitative estimate of drug-likeness (QED) is 0.0205. The minimum atomic E-state index is -4.45. The molecule has 3 atom stereocenters. The Labute approximate surface area is 458 Å². The van der Waals surface area contributed by atoms with Crippen LogP contribution in [-0.2, 0) is 27.9 Å². The lowest BCUT2D eigenvalue weighted by molar-refractivity contribution is -0.870. The second kappa shape index (κ2) is 54.1. The number of ether oxygens (including phenoxy) is 1. The number of phosphoric acid groups is 1. The minimum absolute atomic E-state index is 0.0362. The number of rotatable bonds is 56. The third-order valence-electron chi connectivity index (χ3n) is 13.7. The van der Waals surface area contributed by atoms with Crippen molar-refractivity contribution in [1.82, 2.24) is 5.32 Å². The molecule has 0 aliphatic rings. The summed E-state index contributed by atoms with van der Waals surface area (Å²) in [5.41, 5.74) is 0. The number of unbranched alkanes of at least 4 members (excludes halogenated alkanes) is 32. The number of phosphoric ester groups is 1. The minimum Gasteiger partial charge on any atom is -0.456 e. The predicted octanol–water partition coefficient (Wildman–Crippen LogP) is 19.1. The second-order valence-corrected chi connectivity index (χ2v) is 23.7. The predicted molar refractivity (Wildman–Crippen MR) is 318 cm³/mol. The zero-order chi connectivity index (χ0) is 54.3. The van der Waals surface area contributed by atoms with Gasteiger partial charge in [0.05, 0.1) is 33.8 Å². The molecule has 0 aliphatic heterocycles. The Kier molecular flexibility index (Phi) is 52.4. The summed E-state index contributed by atoms with van der Waals surface area (Å²) in [5.74, 6) is -0.524. The molecule has 74 heavy (non-hydrogen) atoms. The highest BCUT2D eigenvalue weighted by Gasteiger charge is 2.30. The molecular formula is C64H120N2O7P+. The number of carbonyl (C=O) groups is 2. The van der Waals surface area contributed by atoms with Crippen LogP contribution < -0.4 is 5.32 Å². The van der Waals surface area contributed by atoms with Gasteiger partial charge in [-0.1, -0.05) is 236 Å². The Morgan fingerprint density at radius 3 is 1.28 bits per heavy atom. The van der Waals surface area contributed by atoms with Crippen molar-refractivity contribution in [3.63, 3.8) is 0 Å². The van der Waals surface area contributed by atoms with Crippen LogP contribution in [0.1, 0.15) is 284 Å².